The minimum absolute atomic E-state index is 0.354. The Morgan fingerprint density at radius 1 is 1.43 bits per heavy atom. The molecule has 0 atom stereocenters. The highest BCUT2D eigenvalue weighted by atomic mass is 16.3. The lowest BCUT2D eigenvalue weighted by molar-refractivity contribution is 0.383. The van der Waals surface area contributed by atoms with E-state index in [1.807, 2.05) is 38.9 Å². The van der Waals surface area contributed by atoms with Crippen LogP contribution in [0, 0.1) is 6.92 Å². The quantitative estimate of drug-likeness (QED) is 0.796. The fourth-order valence-electron chi connectivity index (χ4n) is 1.51. The van der Waals surface area contributed by atoms with E-state index < -0.39 is 0 Å². The highest BCUT2D eigenvalue weighted by Gasteiger charge is 2.09. The van der Waals surface area contributed by atoms with E-state index in [0.717, 1.165) is 29.9 Å². The van der Waals surface area contributed by atoms with Crippen LogP contribution < -0.4 is 0 Å². The second kappa shape index (κ2) is 4.42. The van der Waals surface area contributed by atoms with Crippen LogP contribution in [0.5, 0.6) is 5.75 Å². The maximum absolute atomic E-state index is 9.87. The summed E-state index contributed by atoms with van der Waals surface area (Å²) < 4.78 is 0. The molecule has 0 fully saturated rings. The third-order valence-electron chi connectivity index (χ3n) is 2.09. The lowest BCUT2D eigenvalue weighted by Gasteiger charge is -2.13. The lowest BCUT2D eigenvalue weighted by atomic mass is 10.1. The van der Waals surface area contributed by atoms with Crippen LogP contribution in [0.2, 0.25) is 0 Å². The topological polar surface area (TPSA) is 36.4 Å². The molecule has 3 heteroatoms. The highest BCUT2D eigenvalue weighted by Crippen LogP contribution is 2.23. The van der Waals surface area contributed by atoms with Gasteiger partial charge < -0.3 is 10.0 Å². The fraction of sp³-hybridized carbons (Fsp3) is 0.545. The maximum Gasteiger partial charge on any atom is 0.141 e. The number of hydrogen-bond donors (Lipinski definition) is 1. The molecule has 0 bridgehead atoms. The van der Waals surface area contributed by atoms with Crippen molar-refractivity contribution in [2.75, 3.05) is 14.1 Å². The summed E-state index contributed by atoms with van der Waals surface area (Å²) in [6.45, 7) is 4.71. The molecule has 0 aromatic carbocycles. The summed E-state index contributed by atoms with van der Waals surface area (Å²) in [5, 5.41) is 9.87. The van der Waals surface area contributed by atoms with E-state index in [9.17, 15) is 5.11 Å². The largest absolute Gasteiger partial charge is 0.506 e. The molecule has 1 aromatic rings. The Morgan fingerprint density at radius 2 is 2.07 bits per heavy atom. The van der Waals surface area contributed by atoms with Crippen LogP contribution in [0.15, 0.2) is 6.07 Å². The van der Waals surface area contributed by atoms with Crippen LogP contribution in [-0.4, -0.2) is 29.1 Å². The molecule has 78 valence electrons. The minimum Gasteiger partial charge on any atom is -0.506 e. The van der Waals surface area contributed by atoms with E-state index in [1.54, 1.807) is 0 Å². The Balaban J connectivity index is 3.08. The van der Waals surface area contributed by atoms with Gasteiger partial charge in [0.05, 0.1) is 5.69 Å². The van der Waals surface area contributed by atoms with E-state index in [2.05, 4.69) is 4.98 Å². The van der Waals surface area contributed by atoms with Gasteiger partial charge in [-0.2, -0.15) is 0 Å². The molecule has 0 saturated heterocycles. The predicted molar refractivity (Wildman–Crippen MR) is 57.4 cm³/mol. The van der Waals surface area contributed by atoms with Gasteiger partial charge in [-0.25, -0.2) is 0 Å². The van der Waals surface area contributed by atoms with Gasteiger partial charge in [-0.3, -0.25) is 4.98 Å². The molecule has 0 saturated carbocycles. The summed E-state index contributed by atoms with van der Waals surface area (Å²) in [5.41, 5.74) is 2.72. The Bertz CT molecular complexity index is 321. The first-order valence-electron chi connectivity index (χ1n) is 4.87. The maximum atomic E-state index is 9.87. The zero-order chi connectivity index (χ0) is 10.7. The molecule has 0 unspecified atom stereocenters. The van der Waals surface area contributed by atoms with Crippen molar-refractivity contribution in [3.8, 4) is 5.75 Å². The third kappa shape index (κ3) is 2.45. The molecule has 0 spiro atoms. The van der Waals surface area contributed by atoms with Crippen LogP contribution >= 0.6 is 0 Å². The zero-order valence-electron chi connectivity index (χ0n) is 9.33. The third-order valence-corrected chi connectivity index (χ3v) is 2.09. The number of hydrogen-bond acceptors (Lipinski definition) is 3. The molecule has 3 nitrogen and oxygen atoms in total. The van der Waals surface area contributed by atoms with E-state index in [1.165, 1.54) is 0 Å². The van der Waals surface area contributed by atoms with Gasteiger partial charge >= 0.3 is 0 Å². The first-order chi connectivity index (χ1) is 6.54. The van der Waals surface area contributed by atoms with Gasteiger partial charge in [-0.05, 0) is 33.5 Å². The summed E-state index contributed by atoms with van der Waals surface area (Å²) >= 11 is 0. The molecule has 0 aliphatic heterocycles. The first-order valence-corrected chi connectivity index (χ1v) is 4.87. The molecule has 0 aliphatic rings. The van der Waals surface area contributed by atoms with Gasteiger partial charge in [0, 0.05) is 17.8 Å². The zero-order valence-corrected chi connectivity index (χ0v) is 9.33. The number of pyridine rings is 1. The summed E-state index contributed by atoms with van der Waals surface area (Å²) in [4.78, 5) is 6.33. The SMILES string of the molecule is CCc1nc(C)cc(CN(C)C)c1O. The highest BCUT2D eigenvalue weighted by molar-refractivity contribution is 5.37. The van der Waals surface area contributed by atoms with E-state index in [-0.39, 0.29) is 0 Å². The Morgan fingerprint density at radius 3 is 2.57 bits per heavy atom. The summed E-state index contributed by atoms with van der Waals surface area (Å²) in [7, 11) is 3.97. The minimum atomic E-state index is 0.354. The monoisotopic (exact) mass is 194 g/mol. The molecule has 1 rings (SSSR count). The van der Waals surface area contributed by atoms with Gasteiger partial charge in [-0.1, -0.05) is 6.92 Å². The van der Waals surface area contributed by atoms with E-state index in [0.29, 0.717) is 5.75 Å². The predicted octanol–water partition coefficient (Wildman–Crippen LogP) is 1.72. The molecule has 14 heavy (non-hydrogen) atoms. The second-order valence-electron chi connectivity index (χ2n) is 3.81. The van der Waals surface area contributed by atoms with Crippen molar-refractivity contribution in [3.05, 3.63) is 23.0 Å². The van der Waals surface area contributed by atoms with Crippen molar-refractivity contribution >= 4 is 0 Å². The summed E-state index contributed by atoms with van der Waals surface area (Å²) in [5.74, 6) is 0.354. The molecule has 0 radical (unpaired) electrons. The number of aryl methyl sites for hydroxylation is 2. The van der Waals surface area contributed by atoms with Crippen LogP contribution in [0.1, 0.15) is 23.9 Å². The fourth-order valence-corrected chi connectivity index (χ4v) is 1.51. The van der Waals surface area contributed by atoms with Crippen molar-refractivity contribution in [3.63, 3.8) is 0 Å². The Kier molecular flexibility index (Phi) is 3.47. The van der Waals surface area contributed by atoms with Gasteiger partial charge in [0.1, 0.15) is 5.75 Å². The smallest absolute Gasteiger partial charge is 0.141 e. The molecule has 0 aliphatic carbocycles. The average molecular weight is 194 g/mol. The average Bonchev–Trinajstić information content (AvgIpc) is 2.09. The second-order valence-corrected chi connectivity index (χ2v) is 3.81. The standard InChI is InChI=1S/C11H18N2O/c1-5-10-11(14)9(7-13(3)4)6-8(2)12-10/h6,14H,5,7H2,1-4H3. The van der Waals surface area contributed by atoms with Crippen LogP contribution in [-0.2, 0) is 13.0 Å². The summed E-state index contributed by atoms with van der Waals surface area (Å²) in [6, 6.07) is 1.94. The van der Waals surface area contributed by atoms with Crippen LogP contribution in [0.25, 0.3) is 0 Å². The first kappa shape index (κ1) is 11.0. The van der Waals surface area contributed by atoms with E-state index >= 15 is 0 Å². The number of aromatic hydroxyl groups is 1. The van der Waals surface area contributed by atoms with Crippen molar-refractivity contribution in [2.24, 2.45) is 0 Å². The van der Waals surface area contributed by atoms with Gasteiger partial charge in [-0.15, -0.1) is 0 Å². The Labute approximate surface area is 85.4 Å². The van der Waals surface area contributed by atoms with E-state index in [4.69, 9.17) is 0 Å². The van der Waals surface area contributed by atoms with Crippen molar-refractivity contribution in [2.45, 2.75) is 26.8 Å². The van der Waals surface area contributed by atoms with Gasteiger partial charge in [0.15, 0.2) is 0 Å². The number of aromatic nitrogens is 1. The summed E-state index contributed by atoms with van der Waals surface area (Å²) in [6.07, 6.45) is 0.772. The van der Waals surface area contributed by atoms with Crippen LogP contribution in [0.4, 0.5) is 0 Å². The molecule has 1 aromatic heterocycles. The molecule has 0 amide bonds. The normalized spacial score (nSPS) is 10.9. The molecular formula is C11H18N2O. The number of rotatable bonds is 3. The van der Waals surface area contributed by atoms with Crippen LogP contribution in [0.3, 0.4) is 0 Å². The van der Waals surface area contributed by atoms with Gasteiger partial charge in [0.2, 0.25) is 0 Å². The van der Waals surface area contributed by atoms with Crippen molar-refractivity contribution in [1.29, 1.82) is 0 Å². The van der Waals surface area contributed by atoms with Crippen molar-refractivity contribution in [1.82, 2.24) is 9.88 Å². The van der Waals surface area contributed by atoms with Gasteiger partial charge in [0.25, 0.3) is 0 Å². The molecule has 1 N–H and O–H groups in total. The Hall–Kier alpha value is -1.09. The molecular weight excluding hydrogens is 176 g/mol. The molecule has 1 heterocycles. The van der Waals surface area contributed by atoms with Crippen molar-refractivity contribution < 1.29 is 5.11 Å². The number of nitrogens with zero attached hydrogens (tertiary/aromatic N) is 2. The lowest BCUT2D eigenvalue weighted by Crippen LogP contribution is -2.11.